The molecule has 0 unspecified atom stereocenters. The van der Waals surface area contributed by atoms with Gasteiger partial charge in [-0.3, -0.25) is 15.2 Å². The molecule has 0 aliphatic rings. The zero-order valence-electron chi connectivity index (χ0n) is 18.5. The molecule has 0 fully saturated rings. The molecule has 1 atom stereocenters. The predicted octanol–water partition coefficient (Wildman–Crippen LogP) is 4.69. The fourth-order valence-electron chi connectivity index (χ4n) is 3.15. The number of carbonyl (C=O) groups is 2. The molecule has 192 valence electrons. The number of hydrazine groups is 1. The van der Waals surface area contributed by atoms with E-state index >= 15 is 0 Å². The standard InChI is InChI=1S/C21H17ClF6N6O2/c1-3-33(32-19(35)21(26,27)28)20(36)31-10(2)17-15(24)4-11(7-29-17)14-5-12(22)6-16(25)18(14)34-9-13(23)8-30-34/h4-10H,3H2,1-2H3,(H,31,36)(H,32,35)/t10-/m1/s1. The van der Waals surface area contributed by atoms with Gasteiger partial charge in [-0.25, -0.2) is 27.7 Å². The first kappa shape index (κ1) is 26.8. The molecule has 1 aromatic carbocycles. The van der Waals surface area contributed by atoms with E-state index in [4.69, 9.17) is 11.6 Å². The summed E-state index contributed by atoms with van der Waals surface area (Å²) in [5, 5.41) is 6.27. The molecule has 8 nitrogen and oxygen atoms in total. The zero-order chi connectivity index (χ0) is 26.8. The van der Waals surface area contributed by atoms with Gasteiger partial charge in [0.15, 0.2) is 11.6 Å². The Hall–Kier alpha value is -3.81. The van der Waals surface area contributed by atoms with E-state index in [-0.39, 0.29) is 34.1 Å². The SMILES string of the molecule is CCN(NC(=O)C(F)(F)F)C(=O)N[C@H](C)c1ncc(-c2cc(Cl)cc(F)c2-n2cc(F)cn2)cc1F. The Balaban J connectivity index is 1.87. The van der Waals surface area contributed by atoms with Crippen LogP contribution < -0.4 is 10.7 Å². The fourth-order valence-corrected chi connectivity index (χ4v) is 3.35. The van der Waals surface area contributed by atoms with Crippen molar-refractivity contribution in [2.75, 3.05) is 6.54 Å². The molecule has 0 aliphatic heterocycles. The fraction of sp³-hybridized carbons (Fsp3) is 0.238. The number of aromatic nitrogens is 3. The van der Waals surface area contributed by atoms with Gasteiger partial charge in [0.25, 0.3) is 0 Å². The second-order valence-corrected chi connectivity index (χ2v) is 7.77. The maximum Gasteiger partial charge on any atom is 0.472 e. The van der Waals surface area contributed by atoms with Crippen molar-refractivity contribution in [3.63, 3.8) is 0 Å². The van der Waals surface area contributed by atoms with Crippen molar-refractivity contribution < 1.29 is 35.9 Å². The number of amides is 3. The van der Waals surface area contributed by atoms with Crippen LogP contribution in [0.1, 0.15) is 25.6 Å². The van der Waals surface area contributed by atoms with Gasteiger partial charge in [0, 0.05) is 28.9 Å². The first-order valence-corrected chi connectivity index (χ1v) is 10.5. The molecule has 0 bridgehead atoms. The molecule has 3 rings (SSSR count). The number of hydrogen-bond acceptors (Lipinski definition) is 4. The average molecular weight is 535 g/mol. The van der Waals surface area contributed by atoms with E-state index in [9.17, 15) is 35.9 Å². The highest BCUT2D eigenvalue weighted by Gasteiger charge is 2.40. The summed E-state index contributed by atoms with van der Waals surface area (Å²) in [5.74, 6) is -4.93. The van der Waals surface area contributed by atoms with Gasteiger partial charge in [0.05, 0.1) is 24.1 Å². The minimum atomic E-state index is -5.22. The van der Waals surface area contributed by atoms with Crippen LogP contribution in [0.5, 0.6) is 0 Å². The topological polar surface area (TPSA) is 92.2 Å². The third kappa shape index (κ3) is 5.87. The van der Waals surface area contributed by atoms with Gasteiger partial charge >= 0.3 is 18.1 Å². The quantitative estimate of drug-likeness (QED) is 0.367. The van der Waals surface area contributed by atoms with Gasteiger partial charge in [-0.1, -0.05) is 11.6 Å². The van der Waals surface area contributed by atoms with Crippen LogP contribution in [-0.2, 0) is 4.79 Å². The monoisotopic (exact) mass is 534 g/mol. The van der Waals surface area contributed by atoms with Crippen molar-refractivity contribution in [1.82, 2.24) is 30.5 Å². The minimum Gasteiger partial charge on any atom is -0.328 e. The molecule has 36 heavy (non-hydrogen) atoms. The van der Waals surface area contributed by atoms with Gasteiger partial charge in [0.2, 0.25) is 0 Å². The number of nitrogens with one attached hydrogen (secondary N) is 2. The molecule has 3 amide bonds. The van der Waals surface area contributed by atoms with Crippen LogP contribution in [0.4, 0.5) is 31.1 Å². The smallest absolute Gasteiger partial charge is 0.328 e. The van der Waals surface area contributed by atoms with E-state index in [2.05, 4.69) is 15.4 Å². The number of carbonyl (C=O) groups excluding carboxylic acids is 2. The largest absolute Gasteiger partial charge is 0.472 e. The van der Waals surface area contributed by atoms with E-state index in [0.717, 1.165) is 35.4 Å². The lowest BCUT2D eigenvalue weighted by atomic mass is 10.0. The number of alkyl halides is 3. The maximum absolute atomic E-state index is 15.0. The first-order valence-electron chi connectivity index (χ1n) is 10.1. The van der Waals surface area contributed by atoms with Gasteiger partial charge in [-0.15, -0.1) is 0 Å². The number of halogens is 7. The number of nitrogens with zero attached hydrogens (tertiary/aromatic N) is 4. The van der Waals surface area contributed by atoms with Crippen LogP contribution in [0.3, 0.4) is 0 Å². The Bertz CT molecular complexity index is 1300. The van der Waals surface area contributed by atoms with E-state index in [0.29, 0.717) is 5.01 Å². The van der Waals surface area contributed by atoms with Crippen molar-refractivity contribution >= 4 is 23.5 Å². The summed E-state index contributed by atoms with van der Waals surface area (Å²) in [4.78, 5) is 27.3. The van der Waals surface area contributed by atoms with E-state index < -0.39 is 41.6 Å². The highest BCUT2D eigenvalue weighted by Crippen LogP contribution is 2.33. The van der Waals surface area contributed by atoms with Crippen molar-refractivity contribution in [1.29, 1.82) is 0 Å². The van der Waals surface area contributed by atoms with Gasteiger partial charge in [0.1, 0.15) is 11.5 Å². The highest BCUT2D eigenvalue weighted by molar-refractivity contribution is 6.31. The highest BCUT2D eigenvalue weighted by atomic mass is 35.5. The van der Waals surface area contributed by atoms with E-state index in [1.165, 1.54) is 25.3 Å². The van der Waals surface area contributed by atoms with Crippen LogP contribution in [0.15, 0.2) is 36.8 Å². The van der Waals surface area contributed by atoms with Crippen molar-refractivity contribution in [2.24, 2.45) is 0 Å². The predicted molar refractivity (Wildman–Crippen MR) is 115 cm³/mol. The van der Waals surface area contributed by atoms with Gasteiger partial charge in [-0.2, -0.15) is 18.3 Å². The van der Waals surface area contributed by atoms with Gasteiger partial charge < -0.3 is 5.32 Å². The molecule has 0 saturated heterocycles. The Morgan fingerprint density at radius 2 is 1.83 bits per heavy atom. The number of benzene rings is 1. The molecule has 2 N–H and O–H groups in total. The molecular weight excluding hydrogens is 518 g/mol. The summed E-state index contributed by atoms with van der Waals surface area (Å²) in [6.45, 7) is 2.29. The summed E-state index contributed by atoms with van der Waals surface area (Å²) >= 11 is 5.94. The first-order chi connectivity index (χ1) is 16.8. The maximum atomic E-state index is 15.0. The summed E-state index contributed by atoms with van der Waals surface area (Å²) in [5.41, 5.74) is 0.941. The van der Waals surface area contributed by atoms with Crippen LogP contribution in [0, 0.1) is 17.5 Å². The summed E-state index contributed by atoms with van der Waals surface area (Å²) < 4.78 is 81.4. The van der Waals surface area contributed by atoms with Crippen LogP contribution in [0.25, 0.3) is 16.8 Å². The molecule has 2 aromatic heterocycles. The van der Waals surface area contributed by atoms with Crippen LogP contribution in [-0.4, -0.2) is 44.4 Å². The lowest BCUT2D eigenvalue weighted by Gasteiger charge is -2.24. The van der Waals surface area contributed by atoms with E-state index in [1.54, 1.807) is 0 Å². The van der Waals surface area contributed by atoms with Gasteiger partial charge in [-0.05, 0) is 32.0 Å². The van der Waals surface area contributed by atoms with Crippen molar-refractivity contribution in [3.05, 3.63) is 65.0 Å². The third-order valence-corrected chi connectivity index (χ3v) is 5.01. The zero-order valence-corrected chi connectivity index (χ0v) is 19.3. The molecule has 2 heterocycles. The lowest BCUT2D eigenvalue weighted by Crippen LogP contribution is -2.54. The molecule has 15 heteroatoms. The molecule has 0 spiro atoms. The number of rotatable bonds is 5. The average Bonchev–Trinajstić information content (AvgIpc) is 3.21. The number of pyridine rings is 1. The second kappa shape index (κ2) is 10.4. The van der Waals surface area contributed by atoms with Crippen LogP contribution >= 0.6 is 11.6 Å². The number of hydrogen-bond donors (Lipinski definition) is 2. The van der Waals surface area contributed by atoms with Crippen molar-refractivity contribution in [2.45, 2.75) is 26.1 Å². The van der Waals surface area contributed by atoms with Crippen LogP contribution in [0.2, 0.25) is 5.02 Å². The molecular formula is C21H17ClF6N6O2. The molecule has 0 radical (unpaired) electrons. The summed E-state index contributed by atoms with van der Waals surface area (Å²) in [6, 6.07) is 0.922. The van der Waals surface area contributed by atoms with E-state index in [1.807, 2.05) is 0 Å². The molecule has 0 aliphatic carbocycles. The molecule has 0 saturated carbocycles. The normalized spacial score (nSPS) is 12.2. The molecule has 3 aromatic rings. The number of urea groups is 1. The Morgan fingerprint density at radius 3 is 2.39 bits per heavy atom. The Labute approximate surface area is 204 Å². The van der Waals surface area contributed by atoms with Crippen molar-refractivity contribution in [3.8, 4) is 16.8 Å². The Kier molecular flexibility index (Phi) is 7.77. The Morgan fingerprint density at radius 1 is 1.14 bits per heavy atom. The third-order valence-electron chi connectivity index (χ3n) is 4.79. The minimum absolute atomic E-state index is 0.0322. The lowest BCUT2D eigenvalue weighted by molar-refractivity contribution is -0.177. The summed E-state index contributed by atoms with van der Waals surface area (Å²) in [6.07, 6.45) is -2.33. The second-order valence-electron chi connectivity index (χ2n) is 7.33. The summed E-state index contributed by atoms with van der Waals surface area (Å²) in [7, 11) is 0.